The Bertz CT molecular complexity index is 514. The largest absolute Gasteiger partial charge is 0.508 e. The van der Waals surface area contributed by atoms with Gasteiger partial charge in [0.2, 0.25) is 0 Å². The van der Waals surface area contributed by atoms with Gasteiger partial charge in [0.05, 0.1) is 12.2 Å². The van der Waals surface area contributed by atoms with Gasteiger partial charge >= 0.3 is 0 Å². The standard InChI is InChI=1S/2C6H12O.2C6H6O.Ti/c4*7-6-4-2-1-3-5-6;/h2*6-7H,1-5H2;2*1-5,7H;. The minimum Gasteiger partial charge on any atom is -0.508 e. The van der Waals surface area contributed by atoms with E-state index in [2.05, 4.69) is 0 Å². The zero-order valence-corrected chi connectivity index (χ0v) is 18.8. The number of phenols is 2. The third-order valence-corrected chi connectivity index (χ3v) is 4.66. The Morgan fingerprint density at radius 3 is 0.897 bits per heavy atom. The van der Waals surface area contributed by atoms with Gasteiger partial charge in [0.25, 0.3) is 0 Å². The van der Waals surface area contributed by atoms with Crippen LogP contribution in [-0.4, -0.2) is 32.6 Å². The fourth-order valence-corrected chi connectivity index (χ4v) is 3.02. The Morgan fingerprint density at radius 1 is 0.483 bits per heavy atom. The minimum absolute atomic E-state index is 0. The molecular formula is C24H36O4Ti. The van der Waals surface area contributed by atoms with Gasteiger partial charge in [-0.3, -0.25) is 0 Å². The molecular weight excluding hydrogens is 400 g/mol. The van der Waals surface area contributed by atoms with Gasteiger partial charge in [0, 0.05) is 21.7 Å². The third-order valence-electron chi connectivity index (χ3n) is 4.66. The van der Waals surface area contributed by atoms with Crippen LogP contribution in [0.4, 0.5) is 0 Å². The Morgan fingerprint density at radius 2 is 0.759 bits per heavy atom. The van der Waals surface area contributed by atoms with Crippen molar-refractivity contribution in [1.29, 1.82) is 0 Å². The number of hydrogen-bond acceptors (Lipinski definition) is 4. The number of para-hydroxylation sites is 2. The molecule has 2 aliphatic carbocycles. The molecule has 29 heavy (non-hydrogen) atoms. The van der Waals surface area contributed by atoms with Gasteiger partial charge in [-0.25, -0.2) is 0 Å². The Labute approximate surface area is 190 Å². The molecule has 0 amide bonds. The van der Waals surface area contributed by atoms with Crippen molar-refractivity contribution in [1.82, 2.24) is 0 Å². The first-order valence-electron chi connectivity index (χ1n) is 10.4. The van der Waals surface area contributed by atoms with Crippen molar-refractivity contribution in [2.75, 3.05) is 0 Å². The van der Waals surface area contributed by atoms with E-state index < -0.39 is 0 Å². The maximum Gasteiger partial charge on any atom is 0.115 e. The second-order valence-electron chi connectivity index (χ2n) is 7.25. The number of phenolic OH excluding ortho intramolecular Hbond substituents is 2. The smallest absolute Gasteiger partial charge is 0.115 e. The number of benzene rings is 2. The molecule has 0 unspecified atom stereocenters. The van der Waals surface area contributed by atoms with Crippen LogP contribution in [0.15, 0.2) is 60.7 Å². The Hall–Kier alpha value is -1.33. The van der Waals surface area contributed by atoms with Crippen molar-refractivity contribution in [2.24, 2.45) is 0 Å². The molecule has 5 heteroatoms. The first-order chi connectivity index (χ1) is 13.6. The van der Waals surface area contributed by atoms with Crippen LogP contribution in [0.5, 0.6) is 11.5 Å². The van der Waals surface area contributed by atoms with Crippen molar-refractivity contribution in [2.45, 2.75) is 76.4 Å². The van der Waals surface area contributed by atoms with Crippen molar-refractivity contribution in [3.63, 3.8) is 0 Å². The number of rotatable bonds is 0. The van der Waals surface area contributed by atoms with Crippen LogP contribution in [0, 0.1) is 0 Å². The number of hydrogen-bond donors (Lipinski definition) is 4. The average molecular weight is 436 g/mol. The molecule has 4 N–H and O–H groups in total. The first kappa shape index (κ1) is 27.7. The van der Waals surface area contributed by atoms with E-state index in [1.165, 1.54) is 38.5 Å². The zero-order valence-electron chi connectivity index (χ0n) is 17.3. The van der Waals surface area contributed by atoms with Crippen LogP contribution in [0.25, 0.3) is 0 Å². The van der Waals surface area contributed by atoms with Gasteiger partial charge in [-0.15, -0.1) is 0 Å². The summed E-state index contributed by atoms with van der Waals surface area (Å²) in [6, 6.07) is 17.4. The van der Waals surface area contributed by atoms with Crippen LogP contribution in [-0.2, 0) is 21.7 Å². The summed E-state index contributed by atoms with van der Waals surface area (Å²) < 4.78 is 0. The average Bonchev–Trinajstić information content (AvgIpc) is 2.72. The zero-order chi connectivity index (χ0) is 20.5. The Kier molecular flexibility index (Phi) is 17.8. The normalized spacial score (nSPS) is 16.3. The quantitative estimate of drug-likeness (QED) is 0.417. The topological polar surface area (TPSA) is 80.9 Å². The molecule has 0 aromatic heterocycles. The van der Waals surface area contributed by atoms with Crippen molar-refractivity contribution >= 4 is 0 Å². The van der Waals surface area contributed by atoms with Gasteiger partial charge in [-0.05, 0) is 49.9 Å². The van der Waals surface area contributed by atoms with Gasteiger partial charge in [0.1, 0.15) is 11.5 Å². The van der Waals surface area contributed by atoms with Crippen molar-refractivity contribution in [3.8, 4) is 11.5 Å². The molecule has 0 spiro atoms. The van der Waals surface area contributed by atoms with Gasteiger partial charge < -0.3 is 20.4 Å². The molecule has 2 saturated carbocycles. The van der Waals surface area contributed by atoms with Crippen LogP contribution in [0.3, 0.4) is 0 Å². The Balaban J connectivity index is 0.000000356. The monoisotopic (exact) mass is 436 g/mol. The third kappa shape index (κ3) is 17.3. The molecule has 0 bridgehead atoms. The van der Waals surface area contributed by atoms with Crippen molar-refractivity contribution < 1.29 is 42.1 Å². The molecule has 2 fully saturated rings. The fourth-order valence-electron chi connectivity index (χ4n) is 3.02. The molecule has 4 nitrogen and oxygen atoms in total. The molecule has 0 aliphatic heterocycles. The number of aliphatic hydroxyl groups is 2. The molecule has 0 atom stereocenters. The molecule has 2 aromatic rings. The summed E-state index contributed by atoms with van der Waals surface area (Å²) in [5.74, 6) is 0.644. The van der Waals surface area contributed by atoms with Crippen LogP contribution >= 0.6 is 0 Å². The molecule has 2 aliphatic rings. The fraction of sp³-hybridized carbons (Fsp3) is 0.500. The van der Waals surface area contributed by atoms with Crippen molar-refractivity contribution in [3.05, 3.63) is 60.7 Å². The maximum atomic E-state index is 8.91. The number of aromatic hydroxyl groups is 2. The van der Waals surface area contributed by atoms with E-state index in [-0.39, 0.29) is 33.9 Å². The van der Waals surface area contributed by atoms with E-state index in [0.29, 0.717) is 11.5 Å². The summed E-state index contributed by atoms with van der Waals surface area (Å²) in [7, 11) is 0. The van der Waals surface area contributed by atoms with E-state index in [1.54, 1.807) is 48.5 Å². The van der Waals surface area contributed by atoms with E-state index in [9.17, 15) is 0 Å². The second-order valence-corrected chi connectivity index (χ2v) is 7.25. The predicted octanol–water partition coefficient (Wildman–Crippen LogP) is 5.40. The molecule has 0 heterocycles. The first-order valence-corrected chi connectivity index (χ1v) is 10.4. The van der Waals surface area contributed by atoms with Crippen LogP contribution < -0.4 is 0 Å². The number of aliphatic hydroxyl groups excluding tert-OH is 2. The minimum atomic E-state index is 0. The summed E-state index contributed by atoms with van der Waals surface area (Å²) in [4.78, 5) is 0. The van der Waals surface area contributed by atoms with Gasteiger partial charge in [-0.2, -0.15) is 0 Å². The van der Waals surface area contributed by atoms with Crippen LogP contribution in [0.2, 0.25) is 0 Å². The summed E-state index contributed by atoms with van der Waals surface area (Å²) >= 11 is 0. The molecule has 2 aromatic carbocycles. The van der Waals surface area contributed by atoms with E-state index in [4.69, 9.17) is 20.4 Å². The SMILES string of the molecule is OC1CCCCC1.OC1CCCCC1.Oc1ccccc1.Oc1ccccc1.[Ti]. The van der Waals surface area contributed by atoms with Gasteiger partial charge in [0.15, 0.2) is 0 Å². The molecule has 0 radical (unpaired) electrons. The predicted molar refractivity (Wildman–Crippen MR) is 114 cm³/mol. The molecule has 4 rings (SSSR count). The summed E-state index contributed by atoms with van der Waals surface area (Å²) in [6.45, 7) is 0. The summed E-state index contributed by atoms with van der Waals surface area (Å²) in [5, 5.41) is 35.1. The summed E-state index contributed by atoms with van der Waals surface area (Å²) in [5.41, 5.74) is 0. The van der Waals surface area contributed by atoms with Crippen LogP contribution in [0.1, 0.15) is 64.2 Å². The molecule has 160 valence electrons. The maximum absolute atomic E-state index is 8.91. The van der Waals surface area contributed by atoms with E-state index >= 15 is 0 Å². The second kappa shape index (κ2) is 18.7. The summed E-state index contributed by atoms with van der Waals surface area (Å²) in [6.07, 6.45) is 11.8. The van der Waals surface area contributed by atoms with E-state index in [0.717, 1.165) is 25.7 Å². The molecule has 0 saturated heterocycles. The van der Waals surface area contributed by atoms with Gasteiger partial charge in [-0.1, -0.05) is 74.9 Å². The van der Waals surface area contributed by atoms with E-state index in [1.807, 2.05) is 12.1 Å².